The van der Waals surface area contributed by atoms with Gasteiger partial charge in [-0.15, -0.1) is 0 Å². The van der Waals surface area contributed by atoms with Crippen molar-refractivity contribution < 1.29 is 0 Å². The summed E-state index contributed by atoms with van der Waals surface area (Å²) in [4.78, 5) is 0. The predicted molar refractivity (Wildman–Crippen MR) is 122 cm³/mol. The van der Waals surface area contributed by atoms with Crippen LogP contribution in [-0.4, -0.2) is 0 Å². The molecule has 2 aliphatic carbocycles. The molecule has 0 amide bonds. The summed E-state index contributed by atoms with van der Waals surface area (Å²) in [5.74, 6) is 6.47. The summed E-state index contributed by atoms with van der Waals surface area (Å²) in [6, 6.07) is 0. The van der Waals surface area contributed by atoms with E-state index in [0.717, 1.165) is 41.4 Å². The highest BCUT2D eigenvalue weighted by Crippen LogP contribution is 2.63. The minimum absolute atomic E-state index is 0.575. The fourth-order valence-electron chi connectivity index (χ4n) is 7.71. The number of hydrogen-bond donors (Lipinski definition) is 0. The number of rotatable bonds is 9. The van der Waals surface area contributed by atoms with Crippen LogP contribution < -0.4 is 0 Å². The highest BCUT2D eigenvalue weighted by molar-refractivity contribution is 5.04. The van der Waals surface area contributed by atoms with Crippen LogP contribution in [0.15, 0.2) is 0 Å². The summed E-state index contributed by atoms with van der Waals surface area (Å²) < 4.78 is 0. The first-order chi connectivity index (χ1) is 12.6. The van der Waals surface area contributed by atoms with Crippen molar-refractivity contribution >= 4 is 0 Å². The van der Waals surface area contributed by atoms with Crippen LogP contribution in [0.1, 0.15) is 120 Å². The summed E-state index contributed by atoms with van der Waals surface area (Å²) in [5, 5.41) is 0. The summed E-state index contributed by atoms with van der Waals surface area (Å²) in [5.41, 5.74) is 1.20. The molecule has 0 N–H and O–H groups in total. The van der Waals surface area contributed by atoms with E-state index in [2.05, 4.69) is 62.3 Å². The van der Waals surface area contributed by atoms with E-state index in [0.29, 0.717) is 10.8 Å². The molecule has 0 radical (unpaired) electrons. The third-order valence-electron chi connectivity index (χ3n) is 10.2. The van der Waals surface area contributed by atoms with Crippen LogP contribution in [0.5, 0.6) is 0 Å². The minimum atomic E-state index is 0.575. The van der Waals surface area contributed by atoms with E-state index in [1.165, 1.54) is 57.8 Å². The van der Waals surface area contributed by atoms with E-state index in [4.69, 9.17) is 0 Å². The van der Waals surface area contributed by atoms with Gasteiger partial charge < -0.3 is 0 Å². The van der Waals surface area contributed by atoms with Crippen LogP contribution in [0, 0.1) is 52.3 Å². The number of hydrogen-bond acceptors (Lipinski definition) is 0. The molecule has 0 heteroatoms. The lowest BCUT2D eigenvalue weighted by atomic mass is 9.51. The van der Waals surface area contributed by atoms with Gasteiger partial charge in [-0.05, 0) is 84.4 Å². The molecule has 0 nitrogen and oxygen atoms in total. The smallest absolute Gasteiger partial charge is 0.0264 e. The average molecular weight is 377 g/mol. The lowest BCUT2D eigenvalue weighted by molar-refractivity contribution is -0.0456. The van der Waals surface area contributed by atoms with Crippen LogP contribution in [-0.2, 0) is 0 Å². The Bertz CT molecular complexity index is 451. The van der Waals surface area contributed by atoms with E-state index in [-0.39, 0.29) is 0 Å². The van der Waals surface area contributed by atoms with Crippen molar-refractivity contribution in [1.29, 1.82) is 0 Å². The van der Waals surface area contributed by atoms with Crippen LogP contribution in [0.4, 0.5) is 0 Å². The van der Waals surface area contributed by atoms with Crippen molar-refractivity contribution in [2.75, 3.05) is 0 Å². The Morgan fingerprint density at radius 3 is 2.22 bits per heavy atom. The fraction of sp³-hybridized carbons (Fsp3) is 1.00. The second-order valence-electron chi connectivity index (χ2n) is 11.8. The van der Waals surface area contributed by atoms with Gasteiger partial charge >= 0.3 is 0 Å². The van der Waals surface area contributed by atoms with E-state index in [1.54, 1.807) is 0 Å². The van der Waals surface area contributed by atoms with E-state index in [9.17, 15) is 0 Å². The van der Waals surface area contributed by atoms with Crippen LogP contribution in [0.2, 0.25) is 0 Å². The molecule has 0 spiro atoms. The normalized spacial score (nSPS) is 38.4. The van der Waals surface area contributed by atoms with Crippen molar-refractivity contribution in [3.8, 4) is 0 Å². The molecule has 0 aromatic carbocycles. The maximum Gasteiger partial charge on any atom is -0.0264 e. The van der Waals surface area contributed by atoms with Gasteiger partial charge in [0.25, 0.3) is 0 Å². The van der Waals surface area contributed by atoms with Crippen molar-refractivity contribution in [2.45, 2.75) is 120 Å². The summed E-state index contributed by atoms with van der Waals surface area (Å²) in [6.07, 6.45) is 13.0. The van der Waals surface area contributed by atoms with E-state index < -0.39 is 0 Å². The van der Waals surface area contributed by atoms with Gasteiger partial charge in [-0.3, -0.25) is 0 Å². The van der Waals surface area contributed by atoms with Crippen molar-refractivity contribution in [3.63, 3.8) is 0 Å². The molecule has 0 heterocycles. The molecule has 8 unspecified atom stereocenters. The van der Waals surface area contributed by atoms with Gasteiger partial charge in [0.15, 0.2) is 0 Å². The van der Waals surface area contributed by atoms with Crippen molar-refractivity contribution in [2.24, 2.45) is 52.3 Å². The Kier molecular flexibility index (Phi) is 7.94. The molecule has 0 bridgehead atoms. The first-order valence-corrected chi connectivity index (χ1v) is 12.6. The van der Waals surface area contributed by atoms with Gasteiger partial charge in [0, 0.05) is 0 Å². The molecule has 0 saturated heterocycles. The zero-order valence-corrected chi connectivity index (χ0v) is 20.4. The molecule has 0 aromatic heterocycles. The van der Waals surface area contributed by atoms with Gasteiger partial charge in [-0.2, -0.15) is 0 Å². The minimum Gasteiger partial charge on any atom is -0.0654 e. The van der Waals surface area contributed by atoms with Crippen LogP contribution in [0.25, 0.3) is 0 Å². The average Bonchev–Trinajstić information content (AvgIpc) is 2.97. The Morgan fingerprint density at radius 2 is 1.67 bits per heavy atom. The molecule has 0 aliphatic heterocycles. The third kappa shape index (κ3) is 4.61. The standard InChI is InChI=1S/C27H52/c1-10-17-26(8,11-2)24-16-18-27(9)23(14-15-25(27)22(24)7)21(6)13-12-20(5)19(3)4/h19-25H,10-18H2,1-9H3. The molecule has 2 rings (SSSR count). The molecule has 160 valence electrons. The first kappa shape index (κ1) is 23.3. The van der Waals surface area contributed by atoms with Gasteiger partial charge in [0.05, 0.1) is 0 Å². The number of fused-ring (bicyclic) bond motifs is 1. The predicted octanol–water partition coefficient (Wildman–Crippen LogP) is 8.99. The Morgan fingerprint density at radius 1 is 1.00 bits per heavy atom. The van der Waals surface area contributed by atoms with Gasteiger partial charge in [0.2, 0.25) is 0 Å². The summed E-state index contributed by atoms with van der Waals surface area (Å²) >= 11 is 0. The zero-order chi connectivity index (χ0) is 20.4. The lowest BCUT2D eigenvalue weighted by Gasteiger charge is -2.54. The fourth-order valence-corrected chi connectivity index (χ4v) is 7.71. The lowest BCUT2D eigenvalue weighted by Crippen LogP contribution is -2.46. The second-order valence-corrected chi connectivity index (χ2v) is 11.8. The quantitative estimate of drug-likeness (QED) is 0.376. The molecular weight excluding hydrogens is 324 g/mol. The van der Waals surface area contributed by atoms with Crippen LogP contribution in [0.3, 0.4) is 0 Å². The second kappa shape index (κ2) is 9.21. The highest BCUT2D eigenvalue weighted by atomic mass is 14.6. The van der Waals surface area contributed by atoms with Gasteiger partial charge in [-0.25, -0.2) is 0 Å². The van der Waals surface area contributed by atoms with Crippen molar-refractivity contribution in [3.05, 3.63) is 0 Å². The molecule has 27 heavy (non-hydrogen) atoms. The highest BCUT2D eigenvalue weighted by Gasteiger charge is 2.55. The van der Waals surface area contributed by atoms with Gasteiger partial charge in [0.1, 0.15) is 0 Å². The summed E-state index contributed by atoms with van der Waals surface area (Å²) in [7, 11) is 0. The van der Waals surface area contributed by atoms with E-state index in [1.807, 2.05) is 0 Å². The van der Waals surface area contributed by atoms with Crippen molar-refractivity contribution in [1.82, 2.24) is 0 Å². The van der Waals surface area contributed by atoms with Gasteiger partial charge in [-0.1, -0.05) is 88.0 Å². The Labute approximate surface area is 172 Å². The molecule has 2 fully saturated rings. The zero-order valence-electron chi connectivity index (χ0n) is 20.4. The van der Waals surface area contributed by atoms with E-state index >= 15 is 0 Å². The topological polar surface area (TPSA) is 0 Å². The molecule has 0 aromatic rings. The Balaban J connectivity index is 2.07. The first-order valence-electron chi connectivity index (χ1n) is 12.6. The summed E-state index contributed by atoms with van der Waals surface area (Å²) in [6.45, 7) is 22.6. The maximum absolute atomic E-state index is 2.70. The molecule has 8 atom stereocenters. The monoisotopic (exact) mass is 376 g/mol. The van der Waals surface area contributed by atoms with Crippen LogP contribution >= 0.6 is 0 Å². The third-order valence-corrected chi connectivity index (χ3v) is 10.2. The largest absolute Gasteiger partial charge is 0.0654 e. The molecular formula is C27H52. The molecule has 2 aliphatic rings. The molecule has 2 saturated carbocycles. The maximum atomic E-state index is 2.70. The Hall–Kier alpha value is 0. The SMILES string of the molecule is CCCC(C)(CC)C1CCC2(C)C(C(C)CCC(C)C(C)C)CCC2C1C.